The van der Waals surface area contributed by atoms with Gasteiger partial charge in [0.2, 0.25) is 0 Å². The summed E-state index contributed by atoms with van der Waals surface area (Å²) in [6.07, 6.45) is 0.848. The molecule has 0 saturated heterocycles. The maximum absolute atomic E-state index is 6.05. The molecular weight excluding hydrogens is 298 g/mol. The minimum atomic E-state index is -2.58. The molecule has 0 aromatic rings. The summed E-state index contributed by atoms with van der Waals surface area (Å²) in [5.41, 5.74) is 0. The molecule has 0 aromatic carbocycles. The van der Waals surface area contributed by atoms with Crippen LogP contribution in [0.25, 0.3) is 0 Å². The van der Waals surface area contributed by atoms with E-state index in [1.807, 2.05) is 20.8 Å². The Balaban J connectivity index is 5.31. The van der Waals surface area contributed by atoms with Crippen molar-refractivity contribution in [1.82, 2.24) is 4.57 Å². The molecule has 0 aliphatic rings. The number of hydrogen-bond acceptors (Lipinski definition) is 4. The van der Waals surface area contributed by atoms with Gasteiger partial charge in [-0.15, -0.1) is 0 Å². The van der Waals surface area contributed by atoms with Gasteiger partial charge < -0.3 is 17.8 Å². The Labute approximate surface area is 134 Å². The van der Waals surface area contributed by atoms with E-state index in [-0.39, 0.29) is 0 Å². The van der Waals surface area contributed by atoms with Crippen LogP contribution in [0.2, 0.25) is 18.1 Å². The highest BCUT2D eigenvalue weighted by Gasteiger charge is 2.46. The van der Waals surface area contributed by atoms with Crippen LogP contribution in [0.5, 0.6) is 0 Å². The molecule has 0 N–H and O–H groups in total. The highest BCUT2D eigenvalue weighted by Crippen LogP contribution is 2.27. The van der Waals surface area contributed by atoms with Gasteiger partial charge in [-0.05, 0) is 45.4 Å². The van der Waals surface area contributed by atoms with Gasteiger partial charge in [0, 0.05) is 19.8 Å². The van der Waals surface area contributed by atoms with Crippen molar-refractivity contribution in [2.45, 2.75) is 66.6 Å². The first-order valence-electron chi connectivity index (χ1n) is 8.70. The molecule has 0 amide bonds. The first kappa shape index (κ1) is 21.3. The predicted octanol–water partition coefficient (Wildman–Crippen LogP) is 3.90. The largest absolute Gasteiger partial charge is 0.515 e. The summed E-state index contributed by atoms with van der Waals surface area (Å²) >= 11 is 0. The van der Waals surface area contributed by atoms with Crippen LogP contribution in [0, 0.1) is 0 Å². The van der Waals surface area contributed by atoms with Crippen LogP contribution in [0.4, 0.5) is 0 Å². The second-order valence-electron chi connectivity index (χ2n) is 5.28. The molecule has 0 saturated carbocycles. The standard InChI is InChI=1S/C15H37NO3Si2/c1-8-16(20(12-5,13-6)14-7)15-21(17-9-2,18-10-3)19-11-4/h8-15H2,1-7H3. The summed E-state index contributed by atoms with van der Waals surface area (Å²) in [5.74, 6) is 0. The average Bonchev–Trinajstić information content (AvgIpc) is 2.49. The van der Waals surface area contributed by atoms with Gasteiger partial charge >= 0.3 is 8.80 Å². The molecule has 0 heterocycles. The minimum absolute atomic E-state index is 0.655. The summed E-state index contributed by atoms with van der Waals surface area (Å²) in [6, 6.07) is 3.84. The van der Waals surface area contributed by atoms with E-state index in [9.17, 15) is 0 Å². The fourth-order valence-electron chi connectivity index (χ4n) is 3.19. The van der Waals surface area contributed by atoms with Crippen molar-refractivity contribution < 1.29 is 13.3 Å². The van der Waals surface area contributed by atoms with Crippen molar-refractivity contribution in [2.24, 2.45) is 0 Å². The molecule has 0 unspecified atom stereocenters. The zero-order valence-corrected chi connectivity index (χ0v) is 17.3. The molecule has 6 heteroatoms. The summed E-state index contributed by atoms with van der Waals surface area (Å²) in [6.45, 7) is 18.4. The molecule has 0 aliphatic carbocycles. The SMILES string of the molecule is CCO[Si](CN(CC)[Si](CC)(CC)CC)(OCC)OCC. The Morgan fingerprint density at radius 2 is 1.05 bits per heavy atom. The molecule has 0 spiro atoms. The smallest absolute Gasteiger partial charge is 0.373 e. The van der Waals surface area contributed by atoms with Crippen molar-refractivity contribution in [2.75, 3.05) is 32.5 Å². The maximum atomic E-state index is 6.05. The van der Waals surface area contributed by atoms with Crippen LogP contribution in [-0.2, 0) is 13.3 Å². The van der Waals surface area contributed by atoms with E-state index in [1.165, 1.54) is 18.1 Å². The highest BCUT2D eigenvalue weighted by atomic mass is 28.4. The van der Waals surface area contributed by atoms with E-state index >= 15 is 0 Å². The van der Waals surface area contributed by atoms with Gasteiger partial charge in [0.25, 0.3) is 0 Å². The molecule has 0 rings (SSSR count). The lowest BCUT2D eigenvalue weighted by Crippen LogP contribution is -2.62. The molecule has 128 valence electrons. The summed E-state index contributed by atoms with van der Waals surface area (Å²) in [5, 5.41) is 0. The van der Waals surface area contributed by atoms with Crippen molar-refractivity contribution in [3.8, 4) is 0 Å². The van der Waals surface area contributed by atoms with Crippen LogP contribution in [0.15, 0.2) is 0 Å². The normalized spacial score (nSPS) is 13.1. The molecule has 0 aromatic heterocycles. The monoisotopic (exact) mass is 335 g/mol. The molecule has 0 aliphatic heterocycles. The lowest BCUT2D eigenvalue weighted by atomic mass is 10.8. The van der Waals surface area contributed by atoms with E-state index < -0.39 is 17.0 Å². The van der Waals surface area contributed by atoms with E-state index in [0.29, 0.717) is 19.8 Å². The fourth-order valence-corrected chi connectivity index (χ4v) is 11.2. The number of nitrogens with zero attached hydrogens (tertiary/aromatic N) is 1. The van der Waals surface area contributed by atoms with Crippen LogP contribution in [-0.4, -0.2) is 54.1 Å². The Morgan fingerprint density at radius 1 is 0.667 bits per heavy atom. The van der Waals surface area contributed by atoms with Crippen molar-refractivity contribution in [3.63, 3.8) is 0 Å². The third kappa shape index (κ3) is 5.76. The molecular formula is C15H37NO3Si2. The van der Waals surface area contributed by atoms with E-state index in [1.54, 1.807) is 0 Å². The second-order valence-corrected chi connectivity index (χ2v) is 13.0. The first-order valence-corrected chi connectivity index (χ1v) is 13.2. The third-order valence-corrected chi connectivity index (χ3v) is 13.5. The average molecular weight is 336 g/mol. The Kier molecular flexibility index (Phi) is 11.1. The number of rotatable bonds is 13. The fraction of sp³-hybridized carbons (Fsp3) is 1.00. The number of hydrogen-bond donors (Lipinski definition) is 0. The maximum Gasteiger partial charge on any atom is 0.515 e. The zero-order chi connectivity index (χ0) is 16.4. The summed E-state index contributed by atoms with van der Waals surface area (Å²) in [4.78, 5) is 0. The molecule has 0 atom stereocenters. The van der Waals surface area contributed by atoms with Gasteiger partial charge in [-0.2, -0.15) is 0 Å². The molecule has 0 fully saturated rings. The van der Waals surface area contributed by atoms with Crippen molar-refractivity contribution in [1.29, 1.82) is 0 Å². The first-order chi connectivity index (χ1) is 10.0. The van der Waals surface area contributed by atoms with Crippen molar-refractivity contribution >= 4 is 17.0 Å². The van der Waals surface area contributed by atoms with Crippen LogP contribution in [0.1, 0.15) is 48.5 Å². The van der Waals surface area contributed by atoms with Crippen LogP contribution < -0.4 is 0 Å². The molecule has 21 heavy (non-hydrogen) atoms. The lowest BCUT2D eigenvalue weighted by molar-refractivity contribution is 0.0636. The van der Waals surface area contributed by atoms with E-state index in [0.717, 1.165) is 12.7 Å². The topological polar surface area (TPSA) is 30.9 Å². The van der Waals surface area contributed by atoms with Gasteiger partial charge in [0.15, 0.2) is 0 Å². The van der Waals surface area contributed by atoms with Gasteiger partial charge in [0.05, 0.1) is 6.17 Å². The second kappa shape index (κ2) is 10.9. The Morgan fingerprint density at radius 3 is 1.29 bits per heavy atom. The predicted molar refractivity (Wildman–Crippen MR) is 95.1 cm³/mol. The van der Waals surface area contributed by atoms with Crippen LogP contribution in [0.3, 0.4) is 0 Å². The highest BCUT2D eigenvalue weighted by molar-refractivity contribution is 6.78. The lowest BCUT2D eigenvalue weighted by Gasteiger charge is -2.43. The molecule has 0 radical (unpaired) electrons. The zero-order valence-electron chi connectivity index (χ0n) is 15.3. The van der Waals surface area contributed by atoms with Gasteiger partial charge in [-0.1, -0.05) is 27.7 Å². The summed E-state index contributed by atoms with van der Waals surface area (Å²) < 4.78 is 20.8. The quantitative estimate of drug-likeness (QED) is 0.478. The van der Waals surface area contributed by atoms with E-state index in [2.05, 4.69) is 32.3 Å². The summed E-state index contributed by atoms with van der Waals surface area (Å²) in [7, 11) is -3.99. The van der Waals surface area contributed by atoms with Crippen LogP contribution >= 0.6 is 0 Å². The van der Waals surface area contributed by atoms with E-state index in [4.69, 9.17) is 13.3 Å². The molecule has 4 nitrogen and oxygen atoms in total. The van der Waals surface area contributed by atoms with Gasteiger partial charge in [0.1, 0.15) is 8.24 Å². The third-order valence-electron chi connectivity index (χ3n) is 4.50. The Hall–Kier alpha value is 0.274. The van der Waals surface area contributed by atoms with Gasteiger partial charge in [-0.25, -0.2) is 0 Å². The Bertz CT molecular complexity index is 238. The van der Waals surface area contributed by atoms with Gasteiger partial charge in [-0.3, -0.25) is 0 Å². The van der Waals surface area contributed by atoms with Crippen molar-refractivity contribution in [3.05, 3.63) is 0 Å². The molecule has 0 bridgehead atoms. The minimum Gasteiger partial charge on any atom is -0.373 e.